The summed E-state index contributed by atoms with van der Waals surface area (Å²) >= 11 is 6.32. The number of carboxylic acid groups (broad SMARTS) is 1. The monoisotopic (exact) mass is 407 g/mol. The van der Waals surface area contributed by atoms with Crippen molar-refractivity contribution in [3.05, 3.63) is 35.5 Å². The highest BCUT2D eigenvalue weighted by Gasteiger charge is 2.44. The molecule has 8 nitrogen and oxygen atoms in total. The number of methoxy groups -OCH3 is 1. The first-order chi connectivity index (χ1) is 13.5. The molecule has 28 heavy (non-hydrogen) atoms. The number of ether oxygens (including phenoxy) is 2. The van der Waals surface area contributed by atoms with E-state index in [4.69, 9.17) is 26.2 Å². The van der Waals surface area contributed by atoms with E-state index < -0.39 is 12.0 Å². The molecule has 9 heteroatoms. The van der Waals surface area contributed by atoms with Gasteiger partial charge >= 0.3 is 12.0 Å². The predicted octanol–water partition coefficient (Wildman–Crippen LogP) is 2.34. The molecule has 2 aliphatic heterocycles. The Hall–Kier alpha value is -2.45. The number of hydrogen-bond acceptors (Lipinski definition) is 5. The summed E-state index contributed by atoms with van der Waals surface area (Å²) in [4.78, 5) is 25.4. The Kier molecular flexibility index (Phi) is 5.07. The van der Waals surface area contributed by atoms with Gasteiger partial charge in [0.1, 0.15) is 22.6 Å². The summed E-state index contributed by atoms with van der Waals surface area (Å²) in [6, 6.07) is 4.38. The third-order valence-electron chi connectivity index (χ3n) is 5.60. The van der Waals surface area contributed by atoms with Gasteiger partial charge in [0.15, 0.2) is 0 Å². The average molecular weight is 408 g/mol. The number of aliphatic carboxylic acids is 1. The van der Waals surface area contributed by atoms with Crippen molar-refractivity contribution >= 4 is 23.6 Å². The standard InChI is InChI=1S/C19H22ClN3O5/c1-27-15-3-2-4-16(17(15)20)28-13-7-11-9-22(10-12(11)8-13)19(26)23-6-5-14(21-23)18(24)25/h2-6,11-14,21H,7-10H2,1H3,(H,24,25)/t11-,12+,13+,14?. The number of hydrogen-bond donors (Lipinski definition) is 2. The molecule has 1 saturated carbocycles. The van der Waals surface area contributed by atoms with Crippen molar-refractivity contribution in [3.63, 3.8) is 0 Å². The Bertz CT molecular complexity index is 803. The summed E-state index contributed by atoms with van der Waals surface area (Å²) in [5, 5.41) is 10.7. The third kappa shape index (κ3) is 3.49. The number of carbonyl (C=O) groups excluding carboxylic acids is 1. The molecule has 4 rings (SSSR count). The van der Waals surface area contributed by atoms with Crippen LogP contribution < -0.4 is 14.9 Å². The van der Waals surface area contributed by atoms with Gasteiger partial charge in [-0.3, -0.25) is 4.79 Å². The smallest absolute Gasteiger partial charge is 0.338 e. The molecule has 1 aromatic carbocycles. The number of urea groups is 1. The number of hydrazine groups is 1. The lowest BCUT2D eigenvalue weighted by Gasteiger charge is -2.25. The van der Waals surface area contributed by atoms with Gasteiger partial charge < -0.3 is 19.5 Å². The van der Waals surface area contributed by atoms with Crippen molar-refractivity contribution in [3.8, 4) is 11.5 Å². The Morgan fingerprint density at radius 3 is 2.50 bits per heavy atom. The van der Waals surface area contributed by atoms with Gasteiger partial charge in [-0.1, -0.05) is 17.7 Å². The summed E-state index contributed by atoms with van der Waals surface area (Å²) in [6.45, 7) is 1.28. The van der Waals surface area contributed by atoms with Gasteiger partial charge in [-0.15, -0.1) is 0 Å². The normalized spacial score (nSPS) is 28.5. The first-order valence-corrected chi connectivity index (χ1v) is 9.58. The number of amides is 2. The molecule has 1 aromatic rings. The van der Waals surface area contributed by atoms with Crippen LogP contribution in [0.2, 0.25) is 5.02 Å². The zero-order valence-corrected chi connectivity index (χ0v) is 16.1. The topological polar surface area (TPSA) is 91.3 Å². The van der Waals surface area contributed by atoms with Crippen LogP contribution in [0.4, 0.5) is 4.79 Å². The molecule has 2 N–H and O–H groups in total. The maximum atomic E-state index is 12.6. The van der Waals surface area contributed by atoms with E-state index in [1.165, 1.54) is 17.3 Å². The molecule has 0 bridgehead atoms. The number of fused-ring (bicyclic) bond motifs is 1. The van der Waals surface area contributed by atoms with E-state index in [-0.39, 0.29) is 12.1 Å². The number of carboxylic acids is 1. The highest BCUT2D eigenvalue weighted by molar-refractivity contribution is 6.33. The molecule has 1 saturated heterocycles. The number of halogens is 1. The number of nitrogens with zero attached hydrogens (tertiary/aromatic N) is 2. The van der Waals surface area contributed by atoms with Crippen LogP contribution in [0.15, 0.2) is 30.5 Å². The van der Waals surface area contributed by atoms with E-state index in [1.54, 1.807) is 18.1 Å². The molecular formula is C19H22ClN3O5. The van der Waals surface area contributed by atoms with Crippen molar-refractivity contribution in [2.45, 2.75) is 25.0 Å². The van der Waals surface area contributed by atoms with E-state index in [1.807, 2.05) is 12.1 Å². The van der Waals surface area contributed by atoms with Crippen molar-refractivity contribution in [1.29, 1.82) is 0 Å². The van der Waals surface area contributed by atoms with Crippen LogP contribution in [0.5, 0.6) is 11.5 Å². The van der Waals surface area contributed by atoms with Crippen LogP contribution in [0, 0.1) is 11.8 Å². The van der Waals surface area contributed by atoms with Crippen LogP contribution in [0.1, 0.15) is 12.8 Å². The SMILES string of the molecule is COc1cccc(O[C@H]2C[C@@H]3CN(C(=O)N4C=CC(C(=O)O)N4)C[C@@H]3C2)c1Cl. The number of carbonyl (C=O) groups is 2. The Morgan fingerprint density at radius 2 is 1.89 bits per heavy atom. The first kappa shape index (κ1) is 18.9. The van der Waals surface area contributed by atoms with Gasteiger partial charge in [-0.05, 0) is 42.9 Å². The van der Waals surface area contributed by atoms with Gasteiger partial charge in [-0.25, -0.2) is 15.2 Å². The van der Waals surface area contributed by atoms with E-state index in [0.29, 0.717) is 41.4 Å². The Morgan fingerprint density at radius 1 is 1.21 bits per heavy atom. The summed E-state index contributed by atoms with van der Waals surface area (Å²) in [5.74, 6) is 0.909. The maximum Gasteiger partial charge on any atom is 0.338 e. The minimum atomic E-state index is -1.01. The number of likely N-dealkylation sites (tertiary alicyclic amines) is 1. The fourth-order valence-corrected chi connectivity index (χ4v) is 4.48. The number of benzene rings is 1. The largest absolute Gasteiger partial charge is 0.495 e. The number of nitrogens with one attached hydrogen (secondary N) is 1. The number of rotatable bonds is 4. The van der Waals surface area contributed by atoms with Crippen molar-refractivity contribution in [2.24, 2.45) is 11.8 Å². The second-order valence-corrected chi connectivity index (χ2v) is 7.73. The quantitative estimate of drug-likeness (QED) is 0.796. The Labute approximate surface area is 167 Å². The fourth-order valence-electron chi connectivity index (χ4n) is 4.23. The van der Waals surface area contributed by atoms with Gasteiger partial charge in [0.05, 0.1) is 13.2 Å². The molecule has 3 aliphatic rings. The molecular weight excluding hydrogens is 386 g/mol. The first-order valence-electron chi connectivity index (χ1n) is 9.21. The average Bonchev–Trinajstić information content (AvgIpc) is 3.37. The van der Waals surface area contributed by atoms with E-state index >= 15 is 0 Å². The van der Waals surface area contributed by atoms with Gasteiger partial charge in [0.25, 0.3) is 0 Å². The maximum absolute atomic E-state index is 12.6. The molecule has 0 spiro atoms. The molecule has 1 aliphatic carbocycles. The zero-order chi connectivity index (χ0) is 19.8. The van der Waals surface area contributed by atoms with Crippen LogP contribution in [0.3, 0.4) is 0 Å². The van der Waals surface area contributed by atoms with Gasteiger partial charge in [-0.2, -0.15) is 0 Å². The van der Waals surface area contributed by atoms with Gasteiger partial charge in [0.2, 0.25) is 0 Å². The molecule has 0 radical (unpaired) electrons. The van der Waals surface area contributed by atoms with E-state index in [2.05, 4.69) is 5.43 Å². The lowest BCUT2D eigenvalue weighted by molar-refractivity contribution is -0.138. The lowest BCUT2D eigenvalue weighted by atomic mass is 10.0. The highest BCUT2D eigenvalue weighted by atomic mass is 35.5. The fraction of sp³-hybridized carbons (Fsp3) is 0.474. The van der Waals surface area contributed by atoms with Crippen molar-refractivity contribution in [2.75, 3.05) is 20.2 Å². The van der Waals surface area contributed by atoms with Crippen LogP contribution >= 0.6 is 11.6 Å². The predicted molar refractivity (Wildman–Crippen MR) is 101 cm³/mol. The summed E-state index contributed by atoms with van der Waals surface area (Å²) in [5.41, 5.74) is 2.67. The second kappa shape index (κ2) is 7.52. The molecule has 1 unspecified atom stereocenters. The van der Waals surface area contributed by atoms with Gasteiger partial charge in [0, 0.05) is 19.3 Å². The molecule has 4 atom stereocenters. The zero-order valence-electron chi connectivity index (χ0n) is 15.4. The second-order valence-electron chi connectivity index (χ2n) is 7.35. The molecule has 150 valence electrons. The van der Waals surface area contributed by atoms with Crippen LogP contribution in [-0.4, -0.2) is 59.4 Å². The minimum absolute atomic E-state index is 0.0538. The molecule has 2 fully saturated rings. The van der Waals surface area contributed by atoms with Crippen molar-refractivity contribution < 1.29 is 24.2 Å². The van der Waals surface area contributed by atoms with Crippen LogP contribution in [0.25, 0.3) is 0 Å². The lowest BCUT2D eigenvalue weighted by Crippen LogP contribution is -2.48. The summed E-state index contributed by atoms with van der Waals surface area (Å²) < 4.78 is 11.3. The molecule has 2 heterocycles. The van der Waals surface area contributed by atoms with Crippen LogP contribution in [-0.2, 0) is 4.79 Å². The molecule has 2 amide bonds. The minimum Gasteiger partial charge on any atom is -0.495 e. The third-order valence-corrected chi connectivity index (χ3v) is 5.97. The van der Waals surface area contributed by atoms with Crippen molar-refractivity contribution in [1.82, 2.24) is 15.3 Å². The molecule has 0 aromatic heterocycles. The summed E-state index contributed by atoms with van der Waals surface area (Å²) in [7, 11) is 1.57. The van der Waals surface area contributed by atoms with E-state index in [9.17, 15) is 9.59 Å². The highest BCUT2D eigenvalue weighted by Crippen LogP contribution is 2.42. The summed E-state index contributed by atoms with van der Waals surface area (Å²) in [6.07, 6.45) is 4.69. The van der Waals surface area contributed by atoms with E-state index in [0.717, 1.165) is 12.8 Å². The Balaban J connectivity index is 1.32.